The van der Waals surface area contributed by atoms with Gasteiger partial charge in [0.1, 0.15) is 5.82 Å². The number of nitrogens with zero attached hydrogens (tertiary/aromatic N) is 1. The minimum Gasteiger partial charge on any atom is -0.263 e. The molecule has 29 heavy (non-hydrogen) atoms. The second-order valence-corrected chi connectivity index (χ2v) is 9.22. The first-order chi connectivity index (χ1) is 13.5. The van der Waals surface area contributed by atoms with Gasteiger partial charge < -0.3 is 0 Å². The molecule has 0 aliphatic carbocycles. The van der Waals surface area contributed by atoms with Crippen LogP contribution >= 0.6 is 116 Å². The van der Waals surface area contributed by atoms with Crippen molar-refractivity contribution in [2.24, 2.45) is 0 Å². The molecule has 0 atom stereocenters. The van der Waals surface area contributed by atoms with Crippen LogP contribution in [0.3, 0.4) is 0 Å². The molecule has 12 heteroatoms. The highest BCUT2D eigenvalue weighted by Gasteiger charge is 2.27. The van der Waals surface area contributed by atoms with Gasteiger partial charge in [0, 0.05) is 34.6 Å². The fraction of sp³-hybridized carbons (Fsp3) is 0. The van der Waals surface area contributed by atoms with E-state index in [1.807, 2.05) is 0 Å². The van der Waals surface area contributed by atoms with Crippen LogP contribution in [0.4, 0.5) is 4.39 Å². The predicted molar refractivity (Wildman–Crippen MR) is 125 cm³/mol. The molecule has 0 amide bonds. The first-order valence-corrected chi connectivity index (χ1v) is 11.0. The largest absolute Gasteiger partial charge is 0.263 e. The topological polar surface area (TPSA) is 12.9 Å². The molecule has 1 heterocycles. The van der Waals surface area contributed by atoms with Crippen LogP contribution in [0.15, 0.2) is 12.4 Å². The number of rotatable bonds is 2. The average Bonchev–Trinajstić information content (AvgIpc) is 2.70. The Balaban J connectivity index is 2.40. The number of benzene rings is 2. The zero-order valence-electron chi connectivity index (χ0n) is 13.3. The summed E-state index contributed by atoms with van der Waals surface area (Å²) in [6.07, 6.45) is 2.35. The summed E-state index contributed by atoms with van der Waals surface area (Å²) in [5.41, 5.74) is -0.296. The summed E-state index contributed by atoms with van der Waals surface area (Å²) >= 11 is 61.3. The number of hydrogen-bond acceptors (Lipinski definition) is 1. The van der Waals surface area contributed by atoms with Gasteiger partial charge in [0.05, 0.1) is 50.2 Å². The highest BCUT2D eigenvalue weighted by molar-refractivity contribution is 6.57. The zero-order chi connectivity index (χ0) is 21.8. The molecular formula is C17H2Cl10FN. The molecule has 3 rings (SSSR count). The summed E-state index contributed by atoms with van der Waals surface area (Å²) in [7, 11) is 0. The van der Waals surface area contributed by atoms with Crippen molar-refractivity contribution in [1.82, 2.24) is 4.98 Å². The van der Waals surface area contributed by atoms with Gasteiger partial charge in [0.15, 0.2) is 0 Å². The molecule has 0 spiro atoms. The standard InChI is InChI=1S/C17H2Cl10FN/c18-7-5(8(19)12(23)15(26)11(7)22)3-1-29-2-4(17(3)28)6-9(20)13(24)16(27)14(25)10(6)21/h1-2H. The normalized spacial score (nSPS) is 11.3. The lowest BCUT2D eigenvalue weighted by Gasteiger charge is -2.16. The van der Waals surface area contributed by atoms with Crippen LogP contribution < -0.4 is 0 Å². The van der Waals surface area contributed by atoms with E-state index in [1.54, 1.807) is 0 Å². The molecule has 1 aromatic heterocycles. The van der Waals surface area contributed by atoms with Gasteiger partial charge in [0.25, 0.3) is 0 Å². The molecule has 0 aliphatic rings. The highest BCUT2D eigenvalue weighted by Crippen LogP contribution is 2.52. The van der Waals surface area contributed by atoms with Crippen molar-refractivity contribution < 1.29 is 4.39 Å². The number of pyridine rings is 1. The van der Waals surface area contributed by atoms with Crippen molar-refractivity contribution in [3.63, 3.8) is 0 Å². The molecule has 0 unspecified atom stereocenters. The Hall–Kier alpha value is 0.420. The molecular weight excluding hydrogens is 592 g/mol. The predicted octanol–water partition coefficient (Wildman–Crippen LogP) is 11.1. The number of hydrogen-bond donors (Lipinski definition) is 0. The maximum atomic E-state index is 15.6. The van der Waals surface area contributed by atoms with E-state index in [-0.39, 0.29) is 72.5 Å². The van der Waals surface area contributed by atoms with E-state index in [1.165, 1.54) is 12.4 Å². The van der Waals surface area contributed by atoms with Crippen LogP contribution in [0.5, 0.6) is 0 Å². The van der Waals surface area contributed by atoms with Crippen molar-refractivity contribution >= 4 is 116 Å². The van der Waals surface area contributed by atoms with E-state index in [0.29, 0.717) is 0 Å². The van der Waals surface area contributed by atoms with Gasteiger partial charge in [-0.05, 0) is 0 Å². The fourth-order valence-electron chi connectivity index (χ4n) is 2.48. The molecule has 1 nitrogen and oxygen atoms in total. The number of halogens is 11. The summed E-state index contributed by atoms with van der Waals surface area (Å²) in [6.45, 7) is 0. The van der Waals surface area contributed by atoms with E-state index in [0.717, 1.165) is 0 Å². The first-order valence-electron chi connectivity index (χ1n) is 7.17. The third-order valence-electron chi connectivity index (χ3n) is 3.84. The van der Waals surface area contributed by atoms with Crippen LogP contribution in [-0.2, 0) is 0 Å². The van der Waals surface area contributed by atoms with Gasteiger partial charge in [-0.3, -0.25) is 4.98 Å². The van der Waals surface area contributed by atoms with Crippen molar-refractivity contribution in [3.8, 4) is 22.3 Å². The molecule has 152 valence electrons. The summed E-state index contributed by atoms with van der Waals surface area (Å²) in [5, 5.41) is -1.01. The third-order valence-corrected chi connectivity index (χ3v) is 8.39. The Labute approximate surface area is 214 Å². The minimum atomic E-state index is -0.837. The van der Waals surface area contributed by atoms with Gasteiger partial charge in [-0.25, -0.2) is 4.39 Å². The fourth-order valence-corrected chi connectivity index (χ4v) is 5.16. The molecule has 0 saturated carbocycles. The lowest BCUT2D eigenvalue weighted by molar-refractivity contribution is 0.633. The van der Waals surface area contributed by atoms with Crippen LogP contribution in [0.25, 0.3) is 22.3 Å². The SMILES string of the molecule is Fc1c(-c2c(Cl)c(Cl)c(Cl)c(Cl)c2Cl)cncc1-c1c(Cl)c(Cl)c(Cl)c(Cl)c1Cl. The maximum absolute atomic E-state index is 15.6. The summed E-state index contributed by atoms with van der Waals surface area (Å²) in [4.78, 5) is 4.01. The van der Waals surface area contributed by atoms with Crippen LogP contribution in [0.1, 0.15) is 0 Å². The Kier molecular flexibility index (Phi) is 7.56. The van der Waals surface area contributed by atoms with Gasteiger partial charge in [-0.15, -0.1) is 0 Å². The quantitative estimate of drug-likeness (QED) is 0.213. The molecule has 0 N–H and O–H groups in total. The molecule has 2 aromatic carbocycles. The summed E-state index contributed by atoms with van der Waals surface area (Å²) in [6, 6.07) is 0. The molecule has 0 radical (unpaired) electrons. The molecule has 0 saturated heterocycles. The van der Waals surface area contributed by atoms with Gasteiger partial charge in [-0.2, -0.15) is 0 Å². The van der Waals surface area contributed by atoms with E-state index < -0.39 is 5.82 Å². The second-order valence-electron chi connectivity index (χ2n) is 5.44. The monoisotopic (exact) mass is 589 g/mol. The van der Waals surface area contributed by atoms with Gasteiger partial charge >= 0.3 is 0 Å². The minimum absolute atomic E-state index is 0.0158. The lowest BCUT2D eigenvalue weighted by Crippen LogP contribution is -1.96. The van der Waals surface area contributed by atoms with E-state index in [4.69, 9.17) is 116 Å². The summed E-state index contributed by atoms with van der Waals surface area (Å²) in [5.74, 6) is -0.837. The second kappa shape index (κ2) is 9.11. The Morgan fingerprint density at radius 2 is 0.690 bits per heavy atom. The van der Waals surface area contributed by atoms with Crippen LogP contribution in [-0.4, -0.2) is 4.98 Å². The first kappa shape index (κ1) is 24.1. The maximum Gasteiger partial charge on any atom is 0.142 e. The molecule has 0 aliphatic heterocycles. The Bertz CT molecular complexity index is 1030. The summed E-state index contributed by atoms with van der Waals surface area (Å²) < 4.78 is 15.6. The van der Waals surface area contributed by atoms with E-state index >= 15 is 4.39 Å². The smallest absolute Gasteiger partial charge is 0.142 e. The van der Waals surface area contributed by atoms with Crippen molar-refractivity contribution in [1.29, 1.82) is 0 Å². The number of aromatic nitrogens is 1. The van der Waals surface area contributed by atoms with E-state index in [9.17, 15) is 0 Å². The average molecular weight is 594 g/mol. The van der Waals surface area contributed by atoms with Crippen molar-refractivity contribution in [2.45, 2.75) is 0 Å². The Morgan fingerprint density at radius 3 is 0.966 bits per heavy atom. The van der Waals surface area contributed by atoms with Crippen LogP contribution in [0, 0.1) is 5.82 Å². The highest BCUT2D eigenvalue weighted by atomic mass is 35.5. The van der Waals surface area contributed by atoms with Crippen LogP contribution in [0.2, 0.25) is 50.2 Å². The zero-order valence-corrected chi connectivity index (χ0v) is 20.8. The van der Waals surface area contributed by atoms with Gasteiger partial charge in [0.2, 0.25) is 0 Å². The lowest BCUT2D eigenvalue weighted by atomic mass is 10.0. The molecule has 3 aromatic rings. The Morgan fingerprint density at radius 1 is 0.448 bits per heavy atom. The van der Waals surface area contributed by atoms with Gasteiger partial charge in [-0.1, -0.05) is 116 Å². The van der Waals surface area contributed by atoms with E-state index in [2.05, 4.69) is 4.98 Å². The molecule has 0 fully saturated rings. The third kappa shape index (κ3) is 4.00. The van der Waals surface area contributed by atoms with Crippen molar-refractivity contribution in [2.75, 3.05) is 0 Å². The van der Waals surface area contributed by atoms with Crippen molar-refractivity contribution in [3.05, 3.63) is 68.4 Å². The molecule has 0 bridgehead atoms.